The largest absolute Gasteiger partial charge is 0.482 e. The zero-order valence-corrected chi connectivity index (χ0v) is 19.0. The lowest BCUT2D eigenvalue weighted by atomic mass is 10.1. The Hall–Kier alpha value is -2.35. The fourth-order valence-corrected chi connectivity index (χ4v) is 4.31. The first-order valence-corrected chi connectivity index (χ1v) is 10.8. The van der Waals surface area contributed by atoms with Gasteiger partial charge in [0.15, 0.2) is 11.6 Å². The van der Waals surface area contributed by atoms with Crippen molar-refractivity contribution in [3.8, 4) is 16.9 Å². The minimum absolute atomic E-state index is 0.0695. The number of anilines is 1. The van der Waals surface area contributed by atoms with Crippen LogP contribution in [0.4, 0.5) is 10.2 Å². The molecule has 1 unspecified atom stereocenters. The maximum atomic E-state index is 13.9. The Labute approximate surface area is 190 Å². The third kappa shape index (κ3) is 4.35. The van der Waals surface area contributed by atoms with Crippen molar-refractivity contribution in [2.75, 3.05) is 18.8 Å². The Morgan fingerprint density at radius 3 is 2.61 bits per heavy atom. The second-order valence-electron chi connectivity index (χ2n) is 8.03. The van der Waals surface area contributed by atoms with Crippen molar-refractivity contribution >= 4 is 29.0 Å². The second kappa shape index (κ2) is 8.65. The van der Waals surface area contributed by atoms with E-state index in [1.165, 1.54) is 12.1 Å². The summed E-state index contributed by atoms with van der Waals surface area (Å²) in [4.78, 5) is 6.65. The van der Waals surface area contributed by atoms with E-state index >= 15 is 0 Å². The van der Waals surface area contributed by atoms with E-state index in [4.69, 9.17) is 33.7 Å². The molecule has 1 saturated heterocycles. The number of hydrogen-bond acceptors (Lipinski definition) is 5. The number of nitrogens with zero attached hydrogens (tertiary/aromatic N) is 4. The van der Waals surface area contributed by atoms with Crippen molar-refractivity contribution in [2.24, 2.45) is 0 Å². The molecule has 1 aliphatic heterocycles. The molecule has 6 nitrogen and oxygen atoms in total. The van der Waals surface area contributed by atoms with Gasteiger partial charge in [-0.2, -0.15) is 5.10 Å². The molecule has 0 saturated carbocycles. The number of pyridine rings is 1. The Morgan fingerprint density at radius 2 is 1.90 bits per heavy atom. The van der Waals surface area contributed by atoms with Gasteiger partial charge >= 0.3 is 0 Å². The van der Waals surface area contributed by atoms with Gasteiger partial charge in [-0.25, -0.2) is 9.37 Å². The molecule has 1 aromatic carbocycles. The maximum absolute atomic E-state index is 13.9. The Kier molecular flexibility index (Phi) is 6.10. The van der Waals surface area contributed by atoms with Gasteiger partial charge in [-0.3, -0.25) is 9.58 Å². The highest BCUT2D eigenvalue weighted by Crippen LogP contribution is 2.37. The lowest BCUT2D eigenvalue weighted by Crippen LogP contribution is -2.50. The first kappa shape index (κ1) is 21.9. The van der Waals surface area contributed by atoms with Crippen molar-refractivity contribution in [2.45, 2.75) is 39.0 Å². The lowest BCUT2D eigenvalue weighted by molar-refractivity contribution is 0.0675. The van der Waals surface area contributed by atoms with Crippen molar-refractivity contribution in [3.63, 3.8) is 0 Å². The molecule has 3 heterocycles. The van der Waals surface area contributed by atoms with Crippen LogP contribution in [0.5, 0.6) is 5.75 Å². The summed E-state index contributed by atoms with van der Waals surface area (Å²) in [6, 6.07) is 5.37. The summed E-state index contributed by atoms with van der Waals surface area (Å²) in [7, 11) is 0. The molecular weight excluding hydrogens is 440 g/mol. The normalized spacial score (nSPS) is 15.8. The number of nitrogens with two attached hydrogens (primary N) is 1. The van der Waals surface area contributed by atoms with Crippen LogP contribution < -0.4 is 10.5 Å². The maximum Gasteiger partial charge on any atom is 0.166 e. The number of ether oxygens (including phenoxy) is 1. The molecule has 164 valence electrons. The number of likely N-dealkylation sites (tertiary alicyclic amines) is 1. The molecular formula is C22H24Cl2FN5O. The predicted molar refractivity (Wildman–Crippen MR) is 121 cm³/mol. The van der Waals surface area contributed by atoms with Crippen molar-refractivity contribution in [3.05, 3.63) is 58.2 Å². The molecule has 4 rings (SSSR count). The molecule has 0 bridgehead atoms. The molecule has 0 aliphatic carbocycles. The van der Waals surface area contributed by atoms with Gasteiger partial charge < -0.3 is 10.5 Å². The van der Waals surface area contributed by atoms with E-state index in [2.05, 4.69) is 28.8 Å². The highest BCUT2D eigenvalue weighted by Gasteiger charge is 2.30. The number of rotatable bonds is 6. The molecule has 31 heavy (non-hydrogen) atoms. The van der Waals surface area contributed by atoms with Gasteiger partial charge in [-0.15, -0.1) is 0 Å². The van der Waals surface area contributed by atoms with E-state index in [-0.39, 0.29) is 10.8 Å². The van der Waals surface area contributed by atoms with Crippen molar-refractivity contribution < 1.29 is 9.13 Å². The SMILES string of the molecule is CC(Oc1cc(-c2cnn(C3CN(C(C)C)C3)c2)cnc1N)c1c(Cl)ccc(F)c1Cl. The van der Waals surface area contributed by atoms with Crippen LogP contribution in [0.2, 0.25) is 10.0 Å². The highest BCUT2D eigenvalue weighted by molar-refractivity contribution is 6.36. The van der Waals surface area contributed by atoms with Crippen LogP contribution in [-0.4, -0.2) is 38.8 Å². The molecule has 0 amide bonds. The third-order valence-electron chi connectivity index (χ3n) is 5.60. The number of hydrogen-bond donors (Lipinski definition) is 1. The molecule has 1 fully saturated rings. The Bertz CT molecular complexity index is 1100. The molecule has 2 N–H and O–H groups in total. The van der Waals surface area contributed by atoms with Gasteiger partial charge in [-0.05, 0) is 39.0 Å². The minimum atomic E-state index is -0.630. The molecule has 1 atom stereocenters. The zero-order valence-electron chi connectivity index (χ0n) is 17.5. The van der Waals surface area contributed by atoms with E-state index in [1.807, 2.05) is 10.9 Å². The molecule has 1 aliphatic rings. The highest BCUT2D eigenvalue weighted by atomic mass is 35.5. The van der Waals surface area contributed by atoms with E-state index in [0.717, 1.165) is 24.2 Å². The predicted octanol–water partition coefficient (Wildman–Crippen LogP) is 5.38. The number of halogens is 3. The average molecular weight is 464 g/mol. The van der Waals surface area contributed by atoms with Crippen LogP contribution in [0.3, 0.4) is 0 Å². The second-order valence-corrected chi connectivity index (χ2v) is 8.82. The van der Waals surface area contributed by atoms with Gasteiger partial charge in [0.1, 0.15) is 11.9 Å². The van der Waals surface area contributed by atoms with Crippen LogP contribution in [-0.2, 0) is 0 Å². The summed E-state index contributed by atoms with van der Waals surface area (Å²) < 4.78 is 21.9. The van der Waals surface area contributed by atoms with Crippen LogP contribution in [0.15, 0.2) is 36.8 Å². The van der Waals surface area contributed by atoms with Crippen molar-refractivity contribution in [1.82, 2.24) is 19.7 Å². The van der Waals surface area contributed by atoms with Crippen molar-refractivity contribution in [1.29, 1.82) is 0 Å². The van der Waals surface area contributed by atoms with E-state index in [9.17, 15) is 4.39 Å². The summed E-state index contributed by atoms with van der Waals surface area (Å²) >= 11 is 12.3. The summed E-state index contributed by atoms with van der Waals surface area (Å²) in [6.45, 7) is 8.09. The Morgan fingerprint density at radius 1 is 1.16 bits per heavy atom. The third-order valence-corrected chi connectivity index (χ3v) is 6.31. The van der Waals surface area contributed by atoms with Gasteiger partial charge in [-0.1, -0.05) is 23.2 Å². The van der Waals surface area contributed by atoms with Gasteiger partial charge in [0.05, 0.1) is 17.3 Å². The minimum Gasteiger partial charge on any atom is -0.482 e. The zero-order chi connectivity index (χ0) is 22.3. The van der Waals surface area contributed by atoms with E-state index < -0.39 is 11.9 Å². The quantitative estimate of drug-likeness (QED) is 0.497. The lowest BCUT2D eigenvalue weighted by Gasteiger charge is -2.41. The molecule has 9 heteroatoms. The van der Waals surface area contributed by atoms with Crippen LogP contribution in [0, 0.1) is 5.82 Å². The topological polar surface area (TPSA) is 69.2 Å². The number of nitrogen functional groups attached to an aromatic ring is 1. The van der Waals surface area contributed by atoms with E-state index in [1.54, 1.807) is 25.4 Å². The van der Waals surface area contributed by atoms with E-state index in [0.29, 0.717) is 28.4 Å². The molecule has 2 aromatic heterocycles. The molecule has 3 aromatic rings. The van der Waals surface area contributed by atoms with Crippen LogP contribution >= 0.6 is 23.2 Å². The summed E-state index contributed by atoms with van der Waals surface area (Å²) in [6.07, 6.45) is 4.86. The fraction of sp³-hybridized carbons (Fsp3) is 0.364. The number of benzene rings is 1. The fourth-order valence-electron chi connectivity index (χ4n) is 3.64. The average Bonchev–Trinajstić information content (AvgIpc) is 3.15. The van der Waals surface area contributed by atoms with Gasteiger partial charge in [0.2, 0.25) is 0 Å². The molecule has 0 radical (unpaired) electrons. The monoisotopic (exact) mass is 463 g/mol. The first-order valence-electron chi connectivity index (χ1n) is 10.1. The van der Waals surface area contributed by atoms with Gasteiger partial charge in [0, 0.05) is 53.2 Å². The van der Waals surface area contributed by atoms with Crippen LogP contribution in [0.25, 0.3) is 11.1 Å². The summed E-state index contributed by atoms with van der Waals surface area (Å²) in [5.74, 6) is 0.0257. The standard InChI is InChI=1S/C22H24Cl2FN5O/c1-12(2)29-10-16(11-29)30-9-15(8-28-30)14-6-19(22(26)27-7-14)31-13(3)20-17(23)4-5-18(25)21(20)24/h4-9,12-13,16H,10-11H2,1-3H3,(H2,26,27). The molecule has 0 spiro atoms. The summed E-state index contributed by atoms with van der Waals surface area (Å²) in [5, 5.41) is 4.76. The first-order chi connectivity index (χ1) is 14.7. The van der Waals surface area contributed by atoms with Gasteiger partial charge in [0.25, 0.3) is 0 Å². The van der Waals surface area contributed by atoms with Crippen LogP contribution in [0.1, 0.15) is 38.5 Å². The Balaban J connectivity index is 1.54. The summed E-state index contributed by atoms with van der Waals surface area (Å²) in [5.41, 5.74) is 8.12. The number of aromatic nitrogens is 3. The smallest absolute Gasteiger partial charge is 0.166 e.